The van der Waals surface area contributed by atoms with Crippen LogP contribution < -0.4 is 14.8 Å². The lowest BCUT2D eigenvalue weighted by atomic mass is 10.0. The summed E-state index contributed by atoms with van der Waals surface area (Å²) in [6, 6.07) is 27.4. The largest absolute Gasteiger partial charge is 0.493 e. The first kappa shape index (κ1) is 29.8. The summed E-state index contributed by atoms with van der Waals surface area (Å²) >= 11 is 0. The van der Waals surface area contributed by atoms with E-state index in [9.17, 15) is 9.59 Å². The predicted octanol–water partition coefficient (Wildman–Crippen LogP) is 7.66. The summed E-state index contributed by atoms with van der Waals surface area (Å²) < 4.78 is 13.3. The van der Waals surface area contributed by atoms with Crippen molar-refractivity contribution in [3.05, 3.63) is 102 Å². The molecule has 0 unspecified atom stereocenters. The summed E-state index contributed by atoms with van der Waals surface area (Å²) in [5, 5.41) is 5.48. The van der Waals surface area contributed by atoms with Crippen LogP contribution in [0.2, 0.25) is 0 Å². The SMILES string of the molecule is CCC(=O)CCCCC[C@H](NC(=O)c1ccccc1)c1nc2c3ccccc3ccc2n1Cc1ccc(OC)c(OC)c1. The molecular weight excluding hydrogens is 538 g/mol. The number of rotatable bonds is 14. The predicted molar refractivity (Wildman–Crippen MR) is 171 cm³/mol. The first-order valence-electron chi connectivity index (χ1n) is 15.0. The number of carbonyl (C=O) groups excluding carboxylic acids is 2. The van der Waals surface area contributed by atoms with Crippen molar-refractivity contribution in [2.75, 3.05) is 14.2 Å². The number of methoxy groups -OCH3 is 2. The fraction of sp³-hybridized carbons (Fsp3) is 0.306. The second kappa shape index (κ2) is 14.0. The number of Topliss-reactive ketones (excluding diaryl/α,β-unsaturated/α-hetero) is 1. The molecule has 0 aliphatic carbocycles. The number of amides is 1. The van der Waals surface area contributed by atoms with Crippen molar-refractivity contribution in [1.82, 2.24) is 14.9 Å². The molecule has 43 heavy (non-hydrogen) atoms. The molecule has 1 heterocycles. The molecule has 1 atom stereocenters. The number of nitrogens with zero attached hydrogens (tertiary/aromatic N) is 2. The number of ether oxygens (including phenoxy) is 2. The Labute approximate surface area is 252 Å². The maximum Gasteiger partial charge on any atom is 0.251 e. The number of aromatic nitrogens is 2. The van der Waals surface area contributed by atoms with Gasteiger partial charge in [0.15, 0.2) is 11.5 Å². The minimum atomic E-state index is -0.333. The van der Waals surface area contributed by atoms with Crippen molar-refractivity contribution in [3.63, 3.8) is 0 Å². The highest BCUT2D eigenvalue weighted by molar-refractivity contribution is 6.04. The van der Waals surface area contributed by atoms with Crippen LogP contribution in [-0.2, 0) is 11.3 Å². The highest BCUT2D eigenvalue weighted by Gasteiger charge is 2.24. The van der Waals surface area contributed by atoms with E-state index in [2.05, 4.69) is 34.1 Å². The molecule has 0 saturated carbocycles. The zero-order valence-electron chi connectivity index (χ0n) is 25.1. The summed E-state index contributed by atoms with van der Waals surface area (Å²) in [6.07, 6.45) is 4.48. The van der Waals surface area contributed by atoms with E-state index in [0.29, 0.717) is 42.9 Å². The minimum Gasteiger partial charge on any atom is -0.493 e. The van der Waals surface area contributed by atoms with E-state index in [1.807, 2.05) is 67.6 Å². The van der Waals surface area contributed by atoms with Crippen LogP contribution in [0.3, 0.4) is 0 Å². The average molecular weight is 578 g/mol. The number of hydrogen-bond donors (Lipinski definition) is 1. The van der Waals surface area contributed by atoms with E-state index >= 15 is 0 Å². The van der Waals surface area contributed by atoms with Crippen LogP contribution >= 0.6 is 0 Å². The summed E-state index contributed by atoms with van der Waals surface area (Å²) in [4.78, 5) is 30.6. The van der Waals surface area contributed by atoms with Crippen LogP contribution in [-0.4, -0.2) is 35.5 Å². The number of imidazole rings is 1. The van der Waals surface area contributed by atoms with Crippen molar-refractivity contribution in [1.29, 1.82) is 0 Å². The van der Waals surface area contributed by atoms with Gasteiger partial charge in [0.25, 0.3) is 5.91 Å². The van der Waals surface area contributed by atoms with Crippen molar-refractivity contribution in [2.45, 2.75) is 58.0 Å². The topological polar surface area (TPSA) is 82.5 Å². The Balaban J connectivity index is 1.56. The number of nitrogens with one attached hydrogen (secondary N) is 1. The quantitative estimate of drug-likeness (QED) is 0.137. The Morgan fingerprint density at radius 1 is 0.860 bits per heavy atom. The van der Waals surface area contributed by atoms with Gasteiger partial charge in [-0.25, -0.2) is 4.98 Å². The van der Waals surface area contributed by atoms with Gasteiger partial charge in [-0.2, -0.15) is 0 Å². The average Bonchev–Trinajstić information content (AvgIpc) is 3.42. The van der Waals surface area contributed by atoms with Gasteiger partial charge in [0.1, 0.15) is 11.6 Å². The van der Waals surface area contributed by atoms with Gasteiger partial charge < -0.3 is 19.4 Å². The van der Waals surface area contributed by atoms with Gasteiger partial charge in [-0.15, -0.1) is 0 Å². The van der Waals surface area contributed by atoms with Crippen LogP contribution in [0.25, 0.3) is 21.8 Å². The molecule has 5 rings (SSSR count). The summed E-state index contributed by atoms with van der Waals surface area (Å²) in [5.74, 6) is 2.28. The Hall–Kier alpha value is -4.65. The Bertz CT molecular complexity index is 1710. The maximum absolute atomic E-state index is 13.5. The van der Waals surface area contributed by atoms with Crippen LogP contribution in [0, 0.1) is 0 Å². The van der Waals surface area contributed by atoms with Crippen LogP contribution in [0.5, 0.6) is 11.5 Å². The molecule has 7 nitrogen and oxygen atoms in total. The zero-order chi connectivity index (χ0) is 30.2. The normalized spacial score (nSPS) is 11.9. The molecule has 0 spiro atoms. The zero-order valence-corrected chi connectivity index (χ0v) is 25.1. The molecule has 0 radical (unpaired) electrons. The van der Waals surface area contributed by atoms with E-state index in [1.54, 1.807) is 14.2 Å². The number of ketones is 1. The van der Waals surface area contributed by atoms with Crippen molar-refractivity contribution >= 4 is 33.5 Å². The molecule has 0 bridgehead atoms. The first-order valence-corrected chi connectivity index (χ1v) is 15.0. The monoisotopic (exact) mass is 577 g/mol. The number of hydrogen-bond acceptors (Lipinski definition) is 5. The van der Waals surface area contributed by atoms with Gasteiger partial charge in [-0.1, -0.05) is 74.4 Å². The van der Waals surface area contributed by atoms with Gasteiger partial charge >= 0.3 is 0 Å². The summed E-state index contributed by atoms with van der Waals surface area (Å²) in [7, 11) is 3.26. The molecular formula is C36H39N3O4. The van der Waals surface area contributed by atoms with Gasteiger partial charge in [0, 0.05) is 30.3 Å². The van der Waals surface area contributed by atoms with Crippen molar-refractivity contribution in [3.8, 4) is 11.5 Å². The van der Waals surface area contributed by atoms with E-state index in [4.69, 9.17) is 14.5 Å². The third-order valence-electron chi connectivity index (χ3n) is 7.96. The Morgan fingerprint density at radius 2 is 1.63 bits per heavy atom. The molecule has 0 fully saturated rings. The smallest absolute Gasteiger partial charge is 0.251 e. The maximum atomic E-state index is 13.5. The minimum absolute atomic E-state index is 0.138. The molecule has 7 heteroatoms. The van der Waals surface area contributed by atoms with E-state index in [-0.39, 0.29) is 17.7 Å². The molecule has 1 amide bonds. The molecule has 0 aliphatic heterocycles. The summed E-state index contributed by atoms with van der Waals surface area (Å²) in [6.45, 7) is 2.44. The second-order valence-corrected chi connectivity index (χ2v) is 10.8. The standard InChI is InChI=1S/C36H39N3O4/c1-4-28(40)16-9-6-10-18-30(37-36(41)27-14-7-5-8-15-27)35-38-34-29-17-12-11-13-26(29)20-21-31(34)39(35)24-25-19-22-32(42-2)33(23-25)43-3/h5,7-8,11-15,17,19-23,30H,4,6,9-10,16,18,24H2,1-3H3,(H,37,41)/t30-/m0/s1. The third-order valence-corrected chi connectivity index (χ3v) is 7.96. The number of fused-ring (bicyclic) bond motifs is 3. The fourth-order valence-electron chi connectivity index (χ4n) is 5.59. The lowest BCUT2D eigenvalue weighted by molar-refractivity contribution is -0.118. The lowest BCUT2D eigenvalue weighted by Gasteiger charge is -2.21. The van der Waals surface area contributed by atoms with Crippen LogP contribution in [0.1, 0.15) is 73.2 Å². The molecule has 5 aromatic rings. The van der Waals surface area contributed by atoms with E-state index in [0.717, 1.165) is 52.5 Å². The van der Waals surface area contributed by atoms with Crippen molar-refractivity contribution < 1.29 is 19.1 Å². The number of carbonyl (C=O) groups is 2. The van der Waals surface area contributed by atoms with Crippen LogP contribution in [0.4, 0.5) is 0 Å². The lowest BCUT2D eigenvalue weighted by Crippen LogP contribution is -2.30. The third kappa shape index (κ3) is 6.88. The van der Waals surface area contributed by atoms with Gasteiger partial charge in [0.2, 0.25) is 0 Å². The highest BCUT2D eigenvalue weighted by Crippen LogP contribution is 2.33. The first-order chi connectivity index (χ1) is 21.0. The number of unbranched alkanes of at least 4 members (excludes halogenated alkanes) is 2. The Kier molecular flexibility index (Phi) is 9.72. The second-order valence-electron chi connectivity index (χ2n) is 10.8. The molecule has 1 N–H and O–H groups in total. The molecule has 222 valence electrons. The fourth-order valence-corrected chi connectivity index (χ4v) is 5.59. The van der Waals surface area contributed by atoms with Crippen molar-refractivity contribution in [2.24, 2.45) is 0 Å². The molecule has 4 aromatic carbocycles. The highest BCUT2D eigenvalue weighted by atomic mass is 16.5. The summed E-state index contributed by atoms with van der Waals surface area (Å²) in [5.41, 5.74) is 3.53. The van der Waals surface area contributed by atoms with E-state index < -0.39 is 0 Å². The molecule has 0 aliphatic rings. The van der Waals surface area contributed by atoms with Crippen LogP contribution in [0.15, 0.2) is 84.9 Å². The van der Waals surface area contributed by atoms with E-state index in [1.165, 1.54) is 0 Å². The molecule has 1 aromatic heterocycles. The van der Waals surface area contributed by atoms with Gasteiger partial charge in [-0.05, 0) is 54.1 Å². The molecule has 0 saturated heterocycles. The Morgan fingerprint density at radius 3 is 2.40 bits per heavy atom. The van der Waals surface area contributed by atoms with Gasteiger partial charge in [-0.3, -0.25) is 9.59 Å². The van der Waals surface area contributed by atoms with Gasteiger partial charge in [0.05, 0.1) is 31.3 Å². The number of benzene rings is 4.